The van der Waals surface area contributed by atoms with Crippen molar-refractivity contribution in [1.29, 1.82) is 0 Å². The quantitative estimate of drug-likeness (QED) is 0.898. The number of aryl methyl sites for hydroxylation is 1. The highest BCUT2D eigenvalue weighted by molar-refractivity contribution is 7.16. The number of aliphatic hydroxyl groups is 1. The molecule has 0 saturated heterocycles. The van der Waals surface area contributed by atoms with Crippen LogP contribution in [-0.4, -0.2) is 14.7 Å². The van der Waals surface area contributed by atoms with Crippen molar-refractivity contribution in [2.75, 3.05) is 0 Å². The summed E-state index contributed by atoms with van der Waals surface area (Å²) in [7, 11) is 1.87. The molecule has 0 aliphatic carbocycles. The van der Waals surface area contributed by atoms with E-state index in [1.165, 1.54) is 11.3 Å². The van der Waals surface area contributed by atoms with Gasteiger partial charge in [0.1, 0.15) is 11.9 Å². The van der Waals surface area contributed by atoms with Gasteiger partial charge in [0.15, 0.2) is 0 Å². The first-order valence-corrected chi connectivity index (χ1v) is 5.76. The summed E-state index contributed by atoms with van der Waals surface area (Å²) in [6.45, 7) is 0. The van der Waals surface area contributed by atoms with Crippen LogP contribution in [0, 0.1) is 0 Å². The highest BCUT2D eigenvalue weighted by Crippen LogP contribution is 2.25. The predicted molar refractivity (Wildman–Crippen MR) is 61.2 cm³/mol. The first kappa shape index (κ1) is 10.7. The highest BCUT2D eigenvalue weighted by atomic mass is 35.5. The van der Waals surface area contributed by atoms with Gasteiger partial charge in [-0.05, 0) is 12.1 Å². The van der Waals surface area contributed by atoms with Gasteiger partial charge in [-0.2, -0.15) is 0 Å². The van der Waals surface area contributed by atoms with E-state index in [0.29, 0.717) is 12.2 Å². The van der Waals surface area contributed by atoms with Crippen LogP contribution in [0.1, 0.15) is 16.8 Å². The SMILES string of the molecule is Cn1ccnc1C(O)Cc1ccc(Cl)s1. The van der Waals surface area contributed by atoms with Crippen LogP contribution in [0.3, 0.4) is 0 Å². The van der Waals surface area contributed by atoms with Crippen molar-refractivity contribution in [2.45, 2.75) is 12.5 Å². The van der Waals surface area contributed by atoms with Gasteiger partial charge in [-0.15, -0.1) is 11.3 Å². The second-order valence-corrected chi connectivity index (χ2v) is 5.12. The molecule has 0 aromatic carbocycles. The zero-order chi connectivity index (χ0) is 10.8. The number of nitrogens with zero attached hydrogens (tertiary/aromatic N) is 2. The van der Waals surface area contributed by atoms with Crippen molar-refractivity contribution in [3.05, 3.63) is 39.6 Å². The van der Waals surface area contributed by atoms with Gasteiger partial charge in [-0.1, -0.05) is 11.6 Å². The van der Waals surface area contributed by atoms with E-state index in [9.17, 15) is 5.11 Å². The average molecular weight is 243 g/mol. The second-order valence-electron chi connectivity index (χ2n) is 3.32. The van der Waals surface area contributed by atoms with Gasteiger partial charge in [-0.3, -0.25) is 0 Å². The smallest absolute Gasteiger partial charge is 0.137 e. The number of rotatable bonds is 3. The monoisotopic (exact) mass is 242 g/mol. The Kier molecular flexibility index (Phi) is 3.09. The lowest BCUT2D eigenvalue weighted by Gasteiger charge is -2.08. The third-order valence-electron chi connectivity index (χ3n) is 2.18. The minimum Gasteiger partial charge on any atom is -0.385 e. The lowest BCUT2D eigenvalue weighted by atomic mass is 10.2. The zero-order valence-electron chi connectivity index (χ0n) is 8.22. The van der Waals surface area contributed by atoms with E-state index in [4.69, 9.17) is 11.6 Å². The van der Waals surface area contributed by atoms with Crippen LogP contribution < -0.4 is 0 Å². The van der Waals surface area contributed by atoms with Gasteiger partial charge < -0.3 is 9.67 Å². The summed E-state index contributed by atoms with van der Waals surface area (Å²) in [4.78, 5) is 5.17. The molecule has 1 N–H and O–H groups in total. The van der Waals surface area contributed by atoms with Crippen molar-refractivity contribution < 1.29 is 5.11 Å². The third-order valence-corrected chi connectivity index (χ3v) is 3.43. The maximum atomic E-state index is 9.93. The number of aromatic nitrogens is 2. The summed E-state index contributed by atoms with van der Waals surface area (Å²) in [6.07, 6.45) is 3.49. The molecule has 2 rings (SSSR count). The Balaban J connectivity index is 2.10. The van der Waals surface area contributed by atoms with Crippen molar-refractivity contribution >= 4 is 22.9 Å². The minimum absolute atomic E-state index is 0.558. The normalized spacial score (nSPS) is 13.0. The molecular weight excluding hydrogens is 232 g/mol. The molecule has 0 aliphatic heterocycles. The fraction of sp³-hybridized carbons (Fsp3) is 0.300. The molecule has 2 aromatic rings. The molecular formula is C10H11ClN2OS. The first-order valence-electron chi connectivity index (χ1n) is 4.56. The van der Waals surface area contributed by atoms with Gasteiger partial charge in [0, 0.05) is 30.7 Å². The van der Waals surface area contributed by atoms with E-state index in [-0.39, 0.29) is 0 Å². The summed E-state index contributed by atoms with van der Waals surface area (Å²) in [5.41, 5.74) is 0. The molecule has 80 valence electrons. The number of thiophene rings is 1. The van der Waals surface area contributed by atoms with Crippen LogP contribution >= 0.6 is 22.9 Å². The van der Waals surface area contributed by atoms with Crippen LogP contribution in [0.5, 0.6) is 0 Å². The van der Waals surface area contributed by atoms with Gasteiger partial charge in [0.2, 0.25) is 0 Å². The number of hydrogen-bond donors (Lipinski definition) is 1. The molecule has 2 heterocycles. The molecule has 0 spiro atoms. The molecule has 15 heavy (non-hydrogen) atoms. The third kappa shape index (κ3) is 2.40. The number of hydrogen-bond acceptors (Lipinski definition) is 3. The Morgan fingerprint density at radius 1 is 1.60 bits per heavy atom. The topological polar surface area (TPSA) is 38.0 Å². The molecule has 0 radical (unpaired) electrons. The van der Waals surface area contributed by atoms with Gasteiger partial charge >= 0.3 is 0 Å². The summed E-state index contributed by atoms with van der Waals surface area (Å²) >= 11 is 7.30. The van der Waals surface area contributed by atoms with Crippen molar-refractivity contribution in [1.82, 2.24) is 9.55 Å². The summed E-state index contributed by atoms with van der Waals surface area (Å²) in [5, 5.41) is 9.93. The van der Waals surface area contributed by atoms with E-state index < -0.39 is 6.10 Å². The molecule has 5 heteroatoms. The van der Waals surface area contributed by atoms with Gasteiger partial charge in [-0.25, -0.2) is 4.98 Å². The van der Waals surface area contributed by atoms with Crippen LogP contribution in [0.25, 0.3) is 0 Å². The number of imidazole rings is 1. The summed E-state index contributed by atoms with van der Waals surface area (Å²) < 4.78 is 2.57. The Morgan fingerprint density at radius 3 is 2.93 bits per heavy atom. The molecule has 3 nitrogen and oxygen atoms in total. The van der Waals surface area contributed by atoms with Gasteiger partial charge in [0.25, 0.3) is 0 Å². The molecule has 1 unspecified atom stereocenters. The van der Waals surface area contributed by atoms with Crippen LogP contribution in [0.15, 0.2) is 24.5 Å². The van der Waals surface area contributed by atoms with Crippen LogP contribution in [-0.2, 0) is 13.5 Å². The lowest BCUT2D eigenvalue weighted by molar-refractivity contribution is 0.166. The molecule has 1 atom stereocenters. The van der Waals surface area contributed by atoms with E-state index >= 15 is 0 Å². The fourth-order valence-corrected chi connectivity index (χ4v) is 2.57. The maximum Gasteiger partial charge on any atom is 0.137 e. The summed E-state index contributed by atoms with van der Waals surface area (Å²) in [6, 6.07) is 3.77. The minimum atomic E-state index is -0.570. The predicted octanol–water partition coefficient (Wildman–Crippen LogP) is 2.41. The van der Waals surface area contributed by atoms with Crippen LogP contribution in [0.4, 0.5) is 0 Å². The molecule has 0 aliphatic rings. The highest BCUT2D eigenvalue weighted by Gasteiger charge is 2.13. The average Bonchev–Trinajstić information content (AvgIpc) is 2.75. The van der Waals surface area contributed by atoms with E-state index in [2.05, 4.69) is 4.98 Å². The lowest BCUT2D eigenvalue weighted by Crippen LogP contribution is -2.07. The Labute approximate surface area is 97.0 Å². The second kappa shape index (κ2) is 4.35. The fourth-order valence-electron chi connectivity index (χ4n) is 1.44. The van der Waals surface area contributed by atoms with E-state index in [1.807, 2.05) is 29.9 Å². The van der Waals surface area contributed by atoms with Crippen LogP contribution in [0.2, 0.25) is 4.34 Å². The Bertz CT molecular complexity index is 452. The Morgan fingerprint density at radius 2 is 2.40 bits per heavy atom. The largest absolute Gasteiger partial charge is 0.385 e. The van der Waals surface area contributed by atoms with Gasteiger partial charge in [0.05, 0.1) is 4.34 Å². The van der Waals surface area contributed by atoms with Crippen molar-refractivity contribution in [2.24, 2.45) is 7.05 Å². The molecule has 0 bridgehead atoms. The molecule has 2 aromatic heterocycles. The molecule has 0 fully saturated rings. The first-order chi connectivity index (χ1) is 7.16. The number of aliphatic hydroxyl groups excluding tert-OH is 1. The number of halogens is 1. The zero-order valence-corrected chi connectivity index (χ0v) is 9.79. The maximum absolute atomic E-state index is 9.93. The standard InChI is InChI=1S/C10H11ClN2OS/c1-13-5-4-12-10(13)8(14)6-7-2-3-9(11)15-7/h2-5,8,14H,6H2,1H3. The van der Waals surface area contributed by atoms with Crippen molar-refractivity contribution in [3.63, 3.8) is 0 Å². The molecule has 0 amide bonds. The Hall–Kier alpha value is -0.840. The van der Waals surface area contributed by atoms with E-state index in [1.54, 1.807) is 6.20 Å². The van der Waals surface area contributed by atoms with Crippen molar-refractivity contribution in [3.8, 4) is 0 Å². The molecule has 0 saturated carbocycles. The summed E-state index contributed by atoms with van der Waals surface area (Å²) in [5.74, 6) is 0.680. The van der Waals surface area contributed by atoms with E-state index in [0.717, 1.165) is 9.21 Å².